The smallest absolute Gasteiger partial charge is 0.369 e. The van der Waals surface area contributed by atoms with Crippen LogP contribution in [-0.2, 0) is 6.18 Å². The van der Waals surface area contributed by atoms with E-state index < -0.39 is 17.5 Å². The Hall–Kier alpha value is -3.04. The maximum Gasteiger partial charge on any atom is 0.435 e. The first-order chi connectivity index (χ1) is 13.7. The molecular formula is C19H22F3N7. The molecule has 0 saturated heterocycles. The molecule has 7 nitrogen and oxygen atoms in total. The number of hydrogen-bond acceptors (Lipinski definition) is 6. The van der Waals surface area contributed by atoms with Gasteiger partial charge in [-0.3, -0.25) is 4.90 Å². The Balaban J connectivity index is 1.69. The van der Waals surface area contributed by atoms with Crippen molar-refractivity contribution in [3.8, 4) is 5.69 Å². The normalized spacial score (nSPS) is 19.2. The van der Waals surface area contributed by atoms with Crippen LogP contribution in [0.3, 0.4) is 0 Å². The number of aliphatic imine (C=N–C) groups is 2. The lowest BCUT2D eigenvalue weighted by molar-refractivity contribution is -0.141. The van der Waals surface area contributed by atoms with E-state index in [9.17, 15) is 13.2 Å². The van der Waals surface area contributed by atoms with E-state index in [0.717, 1.165) is 43.9 Å². The average Bonchev–Trinajstić information content (AvgIpc) is 3.04. The molecule has 4 N–H and O–H groups in total. The summed E-state index contributed by atoms with van der Waals surface area (Å²) >= 11 is 0. The lowest BCUT2D eigenvalue weighted by Gasteiger charge is -2.45. The van der Waals surface area contributed by atoms with Crippen molar-refractivity contribution in [2.75, 3.05) is 4.90 Å². The lowest BCUT2D eigenvalue weighted by Crippen LogP contribution is -2.58. The molecule has 1 saturated carbocycles. The Kier molecular flexibility index (Phi) is 4.51. The van der Waals surface area contributed by atoms with Crippen LogP contribution in [-0.4, -0.2) is 27.4 Å². The summed E-state index contributed by atoms with van der Waals surface area (Å²) in [4.78, 5) is 10.6. The SMILES string of the molecule is Cc1cc(C(F)(F)F)nn1-c1ccc(N2C(N)=NC(N)=NC23CCCCC3)cc1. The maximum atomic E-state index is 12.9. The highest BCUT2D eigenvalue weighted by Crippen LogP contribution is 2.39. The maximum absolute atomic E-state index is 12.9. The van der Waals surface area contributed by atoms with Gasteiger partial charge in [-0.25, -0.2) is 9.67 Å². The number of halogens is 3. The van der Waals surface area contributed by atoms with Gasteiger partial charge in [-0.2, -0.15) is 23.3 Å². The zero-order valence-corrected chi connectivity index (χ0v) is 15.9. The fraction of sp³-hybridized carbons (Fsp3) is 0.421. The highest BCUT2D eigenvalue weighted by molar-refractivity contribution is 6.05. The molecule has 1 spiro atoms. The van der Waals surface area contributed by atoms with Crippen molar-refractivity contribution < 1.29 is 13.2 Å². The van der Waals surface area contributed by atoms with Gasteiger partial charge in [-0.15, -0.1) is 0 Å². The molecule has 0 unspecified atom stereocenters. The molecule has 0 bridgehead atoms. The second-order valence-corrected chi connectivity index (χ2v) is 7.42. The molecule has 1 aromatic carbocycles. The Morgan fingerprint density at radius 2 is 1.62 bits per heavy atom. The molecule has 10 heteroatoms. The molecule has 0 amide bonds. The zero-order valence-electron chi connectivity index (χ0n) is 15.9. The number of hydrogen-bond donors (Lipinski definition) is 2. The number of anilines is 1. The Morgan fingerprint density at radius 1 is 1.00 bits per heavy atom. The van der Waals surface area contributed by atoms with Crippen LogP contribution in [0.25, 0.3) is 5.69 Å². The average molecular weight is 405 g/mol. The summed E-state index contributed by atoms with van der Waals surface area (Å²) in [7, 11) is 0. The molecule has 2 heterocycles. The second kappa shape index (κ2) is 6.78. The molecular weight excluding hydrogens is 383 g/mol. The van der Waals surface area contributed by atoms with Gasteiger partial charge in [-0.05, 0) is 62.9 Å². The van der Waals surface area contributed by atoms with Gasteiger partial charge in [0.05, 0.1) is 5.69 Å². The summed E-state index contributed by atoms with van der Waals surface area (Å²) in [5.41, 5.74) is 12.3. The summed E-state index contributed by atoms with van der Waals surface area (Å²) in [6.07, 6.45) is 0.259. The molecule has 1 fully saturated rings. The minimum Gasteiger partial charge on any atom is -0.369 e. The van der Waals surface area contributed by atoms with Gasteiger partial charge in [0.1, 0.15) is 5.66 Å². The van der Waals surface area contributed by atoms with Gasteiger partial charge in [0.2, 0.25) is 11.9 Å². The number of alkyl halides is 3. The van der Waals surface area contributed by atoms with E-state index >= 15 is 0 Å². The van der Waals surface area contributed by atoms with Crippen molar-refractivity contribution in [2.45, 2.75) is 50.9 Å². The molecule has 154 valence electrons. The third kappa shape index (κ3) is 3.43. The molecule has 0 atom stereocenters. The topological polar surface area (TPSA) is 97.8 Å². The number of nitrogens with zero attached hydrogens (tertiary/aromatic N) is 5. The van der Waals surface area contributed by atoms with Crippen molar-refractivity contribution in [3.05, 3.63) is 41.7 Å². The summed E-state index contributed by atoms with van der Waals surface area (Å²) in [6.45, 7) is 1.58. The molecule has 1 aliphatic heterocycles. The first-order valence-electron chi connectivity index (χ1n) is 9.44. The van der Waals surface area contributed by atoms with Crippen LogP contribution in [0.1, 0.15) is 43.5 Å². The Bertz CT molecular complexity index is 967. The van der Waals surface area contributed by atoms with Gasteiger partial charge >= 0.3 is 6.18 Å². The Labute approximate surface area is 165 Å². The predicted molar refractivity (Wildman–Crippen MR) is 105 cm³/mol. The van der Waals surface area contributed by atoms with Crippen LogP contribution in [0.15, 0.2) is 40.3 Å². The molecule has 1 aromatic heterocycles. The second-order valence-electron chi connectivity index (χ2n) is 7.42. The van der Waals surface area contributed by atoms with E-state index in [4.69, 9.17) is 11.5 Å². The summed E-state index contributed by atoms with van der Waals surface area (Å²) in [5, 5.41) is 3.69. The number of guanidine groups is 2. The van der Waals surface area contributed by atoms with E-state index in [-0.39, 0.29) is 11.9 Å². The van der Waals surface area contributed by atoms with Crippen LogP contribution in [0.4, 0.5) is 18.9 Å². The van der Waals surface area contributed by atoms with Crippen LogP contribution >= 0.6 is 0 Å². The molecule has 4 rings (SSSR count). The molecule has 2 aliphatic rings. The van der Waals surface area contributed by atoms with Crippen molar-refractivity contribution in [2.24, 2.45) is 21.5 Å². The Morgan fingerprint density at radius 3 is 2.21 bits per heavy atom. The number of rotatable bonds is 2. The molecule has 1 aliphatic carbocycles. The van der Waals surface area contributed by atoms with E-state index in [0.29, 0.717) is 11.4 Å². The van der Waals surface area contributed by atoms with E-state index in [1.807, 2.05) is 4.90 Å². The largest absolute Gasteiger partial charge is 0.435 e. The van der Waals surface area contributed by atoms with Crippen LogP contribution in [0.5, 0.6) is 0 Å². The monoisotopic (exact) mass is 405 g/mol. The fourth-order valence-corrected chi connectivity index (χ4v) is 4.11. The summed E-state index contributed by atoms with van der Waals surface area (Å²) in [6, 6.07) is 8.03. The van der Waals surface area contributed by atoms with Crippen LogP contribution < -0.4 is 16.4 Å². The third-order valence-electron chi connectivity index (χ3n) is 5.38. The number of aryl methyl sites for hydroxylation is 1. The van der Waals surface area contributed by atoms with Crippen molar-refractivity contribution in [3.63, 3.8) is 0 Å². The number of benzene rings is 1. The minimum atomic E-state index is -4.49. The van der Waals surface area contributed by atoms with Crippen molar-refractivity contribution in [1.82, 2.24) is 9.78 Å². The third-order valence-corrected chi connectivity index (χ3v) is 5.38. The summed E-state index contributed by atoms with van der Waals surface area (Å²) in [5.74, 6) is 0.436. The zero-order chi connectivity index (χ0) is 20.8. The van der Waals surface area contributed by atoms with E-state index in [1.165, 1.54) is 4.68 Å². The van der Waals surface area contributed by atoms with E-state index in [2.05, 4.69) is 15.1 Å². The quantitative estimate of drug-likeness (QED) is 0.801. The fourth-order valence-electron chi connectivity index (χ4n) is 4.11. The van der Waals surface area contributed by atoms with Crippen LogP contribution in [0, 0.1) is 6.92 Å². The number of nitrogens with two attached hydrogens (primary N) is 2. The highest BCUT2D eigenvalue weighted by atomic mass is 19.4. The van der Waals surface area contributed by atoms with Gasteiger partial charge in [0, 0.05) is 11.4 Å². The summed E-state index contributed by atoms with van der Waals surface area (Å²) < 4.78 is 40.1. The predicted octanol–water partition coefficient (Wildman–Crippen LogP) is 3.31. The van der Waals surface area contributed by atoms with Gasteiger partial charge in [0.15, 0.2) is 5.69 Å². The standard InChI is InChI=1S/C19H22F3N7/c1-12-11-15(19(20,21)22)27-29(12)14-7-5-13(6-8-14)28-17(24)25-16(23)26-18(28)9-3-2-4-10-18/h5-8,11H,2-4,9-10H2,1H3,(H4,23,24,25,26). The number of aromatic nitrogens is 2. The van der Waals surface area contributed by atoms with Crippen LogP contribution in [0.2, 0.25) is 0 Å². The molecule has 2 aromatic rings. The van der Waals surface area contributed by atoms with Gasteiger partial charge < -0.3 is 11.5 Å². The van der Waals surface area contributed by atoms with Gasteiger partial charge in [-0.1, -0.05) is 6.42 Å². The first kappa shape index (κ1) is 19.3. The molecule has 29 heavy (non-hydrogen) atoms. The molecule has 0 radical (unpaired) electrons. The van der Waals surface area contributed by atoms with Gasteiger partial charge in [0.25, 0.3) is 0 Å². The van der Waals surface area contributed by atoms with Crippen molar-refractivity contribution >= 4 is 17.6 Å². The van der Waals surface area contributed by atoms with Crippen molar-refractivity contribution in [1.29, 1.82) is 0 Å². The first-order valence-corrected chi connectivity index (χ1v) is 9.44. The lowest BCUT2D eigenvalue weighted by atomic mass is 9.87. The highest BCUT2D eigenvalue weighted by Gasteiger charge is 2.42. The minimum absolute atomic E-state index is 0.170. The van der Waals surface area contributed by atoms with E-state index in [1.54, 1.807) is 31.2 Å².